The number of carbonyl (C=O) groups is 1. The van der Waals surface area contributed by atoms with Gasteiger partial charge in [-0.15, -0.1) is 0 Å². The van der Waals surface area contributed by atoms with Gasteiger partial charge in [0.1, 0.15) is 11.6 Å². The Kier molecular flexibility index (Phi) is 5.94. The summed E-state index contributed by atoms with van der Waals surface area (Å²) in [6, 6.07) is 16.8. The van der Waals surface area contributed by atoms with Gasteiger partial charge in [0, 0.05) is 5.69 Å². The standard InChI is InChI=1S/C21H20ClN3O2/c1-14-5-3-4-6-15(14)11-21(26)25-17-8-10-20(23-13-17)24-16-7-9-19(27-2)18(22)12-16/h3-10,12-13H,11H2,1-2H3,(H,23,24)(H,25,26). The Morgan fingerprint density at radius 2 is 1.89 bits per heavy atom. The molecule has 1 amide bonds. The van der Waals surface area contributed by atoms with Crippen LogP contribution in [-0.4, -0.2) is 18.0 Å². The molecule has 0 spiro atoms. The van der Waals surface area contributed by atoms with Crippen LogP contribution in [0.5, 0.6) is 5.75 Å². The van der Waals surface area contributed by atoms with Crippen molar-refractivity contribution >= 4 is 34.7 Å². The molecule has 2 N–H and O–H groups in total. The minimum Gasteiger partial charge on any atom is -0.495 e. The third kappa shape index (κ3) is 4.99. The summed E-state index contributed by atoms with van der Waals surface area (Å²) >= 11 is 6.12. The molecular weight excluding hydrogens is 362 g/mol. The number of methoxy groups -OCH3 is 1. The molecule has 3 aromatic rings. The first-order valence-electron chi connectivity index (χ1n) is 8.46. The maximum absolute atomic E-state index is 12.2. The monoisotopic (exact) mass is 381 g/mol. The van der Waals surface area contributed by atoms with Crippen molar-refractivity contribution in [2.75, 3.05) is 17.7 Å². The van der Waals surface area contributed by atoms with Crippen LogP contribution in [0.4, 0.5) is 17.2 Å². The van der Waals surface area contributed by atoms with E-state index in [2.05, 4.69) is 15.6 Å². The second-order valence-electron chi connectivity index (χ2n) is 6.06. The maximum Gasteiger partial charge on any atom is 0.228 e. The van der Waals surface area contributed by atoms with Crippen molar-refractivity contribution in [2.24, 2.45) is 0 Å². The Labute approximate surface area is 163 Å². The maximum atomic E-state index is 12.2. The first-order chi connectivity index (χ1) is 13.0. The Morgan fingerprint density at radius 1 is 1.11 bits per heavy atom. The number of benzene rings is 2. The minimum atomic E-state index is -0.0752. The molecule has 0 bridgehead atoms. The van der Waals surface area contributed by atoms with Crippen molar-refractivity contribution in [3.05, 3.63) is 76.9 Å². The van der Waals surface area contributed by atoms with E-state index in [0.29, 0.717) is 28.7 Å². The van der Waals surface area contributed by atoms with Crippen molar-refractivity contribution in [1.82, 2.24) is 4.98 Å². The van der Waals surface area contributed by atoms with Crippen LogP contribution in [0.2, 0.25) is 5.02 Å². The van der Waals surface area contributed by atoms with Crippen LogP contribution >= 0.6 is 11.6 Å². The molecule has 0 saturated carbocycles. The van der Waals surface area contributed by atoms with Gasteiger partial charge in [0.2, 0.25) is 5.91 Å². The lowest BCUT2D eigenvalue weighted by atomic mass is 10.1. The number of halogens is 1. The van der Waals surface area contributed by atoms with Crippen molar-refractivity contribution in [3.63, 3.8) is 0 Å². The average Bonchev–Trinajstić information content (AvgIpc) is 2.65. The molecular formula is C21H20ClN3O2. The first kappa shape index (κ1) is 18.7. The Balaban J connectivity index is 1.61. The van der Waals surface area contributed by atoms with Crippen LogP contribution in [0.25, 0.3) is 0 Å². The van der Waals surface area contributed by atoms with E-state index in [1.165, 1.54) is 0 Å². The zero-order valence-electron chi connectivity index (χ0n) is 15.1. The van der Waals surface area contributed by atoms with E-state index < -0.39 is 0 Å². The van der Waals surface area contributed by atoms with Gasteiger partial charge >= 0.3 is 0 Å². The quantitative estimate of drug-likeness (QED) is 0.632. The van der Waals surface area contributed by atoms with Gasteiger partial charge in [0.15, 0.2) is 0 Å². The van der Waals surface area contributed by atoms with Crippen LogP contribution < -0.4 is 15.4 Å². The van der Waals surface area contributed by atoms with E-state index in [1.54, 1.807) is 37.6 Å². The molecule has 0 aliphatic heterocycles. The van der Waals surface area contributed by atoms with Crippen molar-refractivity contribution < 1.29 is 9.53 Å². The molecule has 3 rings (SSSR count). The highest BCUT2D eigenvalue weighted by Crippen LogP contribution is 2.28. The number of pyridine rings is 1. The molecule has 0 unspecified atom stereocenters. The largest absolute Gasteiger partial charge is 0.495 e. The number of aryl methyl sites for hydroxylation is 1. The summed E-state index contributed by atoms with van der Waals surface area (Å²) in [6.45, 7) is 2.00. The molecule has 0 fully saturated rings. The lowest BCUT2D eigenvalue weighted by Crippen LogP contribution is -2.15. The summed E-state index contributed by atoms with van der Waals surface area (Å²) < 4.78 is 5.14. The number of amides is 1. The Morgan fingerprint density at radius 3 is 2.56 bits per heavy atom. The lowest BCUT2D eigenvalue weighted by molar-refractivity contribution is -0.115. The summed E-state index contributed by atoms with van der Waals surface area (Å²) in [5.41, 5.74) is 3.55. The third-order valence-electron chi connectivity index (χ3n) is 4.08. The highest BCUT2D eigenvalue weighted by Gasteiger charge is 2.07. The molecule has 0 radical (unpaired) electrons. The highest BCUT2D eigenvalue weighted by atomic mass is 35.5. The number of rotatable bonds is 6. The van der Waals surface area contributed by atoms with Gasteiger partial charge in [-0.1, -0.05) is 35.9 Å². The number of nitrogens with zero attached hydrogens (tertiary/aromatic N) is 1. The third-order valence-corrected chi connectivity index (χ3v) is 4.38. The van der Waals surface area contributed by atoms with Crippen LogP contribution in [-0.2, 0) is 11.2 Å². The molecule has 1 aromatic heterocycles. The number of aromatic nitrogens is 1. The molecule has 0 aliphatic carbocycles. The molecule has 0 saturated heterocycles. The molecule has 0 atom stereocenters. The summed E-state index contributed by atoms with van der Waals surface area (Å²) in [7, 11) is 1.57. The van der Waals surface area contributed by atoms with Crippen molar-refractivity contribution in [2.45, 2.75) is 13.3 Å². The van der Waals surface area contributed by atoms with E-state index in [-0.39, 0.29) is 5.91 Å². The predicted octanol–water partition coefficient (Wildman–Crippen LogP) is 4.98. The molecule has 5 nitrogen and oxygen atoms in total. The molecule has 2 aromatic carbocycles. The SMILES string of the molecule is COc1ccc(Nc2ccc(NC(=O)Cc3ccccc3C)cn2)cc1Cl. The van der Waals surface area contributed by atoms with Crippen LogP contribution in [0.1, 0.15) is 11.1 Å². The molecule has 6 heteroatoms. The number of carbonyl (C=O) groups excluding carboxylic acids is 1. The van der Waals surface area contributed by atoms with Gasteiger partial charge in [-0.05, 0) is 48.4 Å². The van der Waals surface area contributed by atoms with E-state index in [9.17, 15) is 4.79 Å². The predicted molar refractivity (Wildman–Crippen MR) is 109 cm³/mol. The zero-order chi connectivity index (χ0) is 19.2. The van der Waals surface area contributed by atoms with Gasteiger partial charge < -0.3 is 15.4 Å². The van der Waals surface area contributed by atoms with Gasteiger partial charge in [-0.25, -0.2) is 4.98 Å². The summed E-state index contributed by atoms with van der Waals surface area (Å²) in [6.07, 6.45) is 1.94. The molecule has 0 aliphatic rings. The number of ether oxygens (including phenoxy) is 1. The number of hydrogen-bond donors (Lipinski definition) is 2. The first-order valence-corrected chi connectivity index (χ1v) is 8.84. The Bertz CT molecular complexity index is 942. The smallest absolute Gasteiger partial charge is 0.228 e. The normalized spacial score (nSPS) is 10.3. The lowest BCUT2D eigenvalue weighted by Gasteiger charge is -2.10. The number of anilines is 3. The fourth-order valence-electron chi connectivity index (χ4n) is 2.62. The summed E-state index contributed by atoms with van der Waals surface area (Å²) in [4.78, 5) is 16.6. The van der Waals surface area contributed by atoms with Gasteiger partial charge in [-0.3, -0.25) is 4.79 Å². The zero-order valence-corrected chi connectivity index (χ0v) is 15.9. The Hall–Kier alpha value is -3.05. The highest BCUT2D eigenvalue weighted by molar-refractivity contribution is 6.32. The average molecular weight is 382 g/mol. The topological polar surface area (TPSA) is 63.2 Å². The molecule has 1 heterocycles. The van der Waals surface area contributed by atoms with Gasteiger partial charge in [0.25, 0.3) is 0 Å². The van der Waals surface area contributed by atoms with Gasteiger partial charge in [0.05, 0.1) is 30.4 Å². The fraction of sp³-hybridized carbons (Fsp3) is 0.143. The van der Waals surface area contributed by atoms with E-state index in [0.717, 1.165) is 16.8 Å². The van der Waals surface area contributed by atoms with Gasteiger partial charge in [-0.2, -0.15) is 0 Å². The summed E-state index contributed by atoms with van der Waals surface area (Å²) in [5, 5.41) is 6.54. The van der Waals surface area contributed by atoms with E-state index in [1.807, 2.05) is 37.3 Å². The second-order valence-corrected chi connectivity index (χ2v) is 6.47. The number of nitrogens with one attached hydrogen (secondary N) is 2. The second kappa shape index (κ2) is 8.56. The van der Waals surface area contributed by atoms with Crippen molar-refractivity contribution in [1.29, 1.82) is 0 Å². The summed E-state index contributed by atoms with van der Waals surface area (Å²) in [5.74, 6) is 1.18. The van der Waals surface area contributed by atoms with E-state index >= 15 is 0 Å². The van der Waals surface area contributed by atoms with Crippen LogP contribution in [0, 0.1) is 6.92 Å². The van der Waals surface area contributed by atoms with Crippen LogP contribution in [0.15, 0.2) is 60.8 Å². The fourth-order valence-corrected chi connectivity index (χ4v) is 2.88. The van der Waals surface area contributed by atoms with Crippen LogP contribution in [0.3, 0.4) is 0 Å². The molecule has 27 heavy (non-hydrogen) atoms. The molecule has 138 valence electrons. The van der Waals surface area contributed by atoms with Crippen molar-refractivity contribution in [3.8, 4) is 5.75 Å². The number of hydrogen-bond acceptors (Lipinski definition) is 4. The minimum absolute atomic E-state index is 0.0752. The van der Waals surface area contributed by atoms with E-state index in [4.69, 9.17) is 16.3 Å².